The Hall–Kier alpha value is -2.64. The third-order valence-corrected chi connectivity index (χ3v) is 3.56. The van der Waals surface area contributed by atoms with Gasteiger partial charge in [0.2, 0.25) is 11.7 Å². The maximum absolute atomic E-state index is 11.9. The molecular weight excluding hydrogens is 322 g/mol. The van der Waals surface area contributed by atoms with E-state index >= 15 is 0 Å². The number of amides is 1. The molecule has 2 rings (SSSR count). The molecule has 8 nitrogen and oxygen atoms in total. The molecule has 0 aliphatic heterocycles. The van der Waals surface area contributed by atoms with Crippen molar-refractivity contribution in [1.29, 1.82) is 0 Å². The highest BCUT2D eigenvalue weighted by Crippen LogP contribution is 2.31. The normalized spacial score (nSPS) is 11.8. The van der Waals surface area contributed by atoms with Gasteiger partial charge < -0.3 is 14.8 Å². The smallest absolute Gasteiger partial charge is 0.243 e. The van der Waals surface area contributed by atoms with E-state index in [1.807, 2.05) is 45.9 Å². The fourth-order valence-electron chi connectivity index (χ4n) is 2.17. The lowest BCUT2D eigenvalue weighted by Gasteiger charge is -2.11. The van der Waals surface area contributed by atoms with E-state index in [1.165, 1.54) is 4.80 Å². The highest BCUT2D eigenvalue weighted by atomic mass is 16.5. The Balaban J connectivity index is 2.13. The van der Waals surface area contributed by atoms with Crippen LogP contribution in [0.15, 0.2) is 18.2 Å². The summed E-state index contributed by atoms with van der Waals surface area (Å²) in [6, 6.07) is 5.60. The highest BCUT2D eigenvalue weighted by molar-refractivity contribution is 5.75. The van der Waals surface area contributed by atoms with Gasteiger partial charge in [-0.3, -0.25) is 4.79 Å². The molecule has 0 aliphatic carbocycles. The Morgan fingerprint density at radius 1 is 1.20 bits per heavy atom. The fraction of sp³-hybridized carbons (Fsp3) is 0.529. The predicted molar refractivity (Wildman–Crippen MR) is 93.5 cm³/mol. The number of ether oxygens (including phenoxy) is 2. The second kappa shape index (κ2) is 9.00. The van der Waals surface area contributed by atoms with Crippen LogP contribution in [0.4, 0.5) is 0 Å². The molecule has 1 heterocycles. The average Bonchev–Trinajstić information content (AvgIpc) is 3.05. The standard InChI is InChI=1S/C17H25N5O3/c1-5-12(4)18-16(23)11-22-20-17(19-21-22)13-8-9-14(24-6-2)15(10-13)25-7-3/h8-10,12H,5-7,11H2,1-4H3,(H,18,23). The molecule has 1 N–H and O–H groups in total. The van der Waals surface area contributed by atoms with Crippen molar-refractivity contribution < 1.29 is 14.3 Å². The van der Waals surface area contributed by atoms with Crippen LogP contribution in [0, 0.1) is 0 Å². The largest absolute Gasteiger partial charge is 0.490 e. The van der Waals surface area contributed by atoms with Crippen molar-refractivity contribution in [2.45, 2.75) is 46.7 Å². The fourth-order valence-corrected chi connectivity index (χ4v) is 2.17. The zero-order chi connectivity index (χ0) is 18.2. The number of nitrogens with zero attached hydrogens (tertiary/aromatic N) is 4. The molecule has 0 spiro atoms. The minimum absolute atomic E-state index is 0.0344. The summed E-state index contributed by atoms with van der Waals surface area (Å²) in [5, 5.41) is 15.1. The lowest BCUT2D eigenvalue weighted by Crippen LogP contribution is -2.35. The van der Waals surface area contributed by atoms with Crippen LogP contribution in [0.5, 0.6) is 11.5 Å². The third-order valence-electron chi connectivity index (χ3n) is 3.56. The summed E-state index contributed by atoms with van der Waals surface area (Å²) in [5.74, 6) is 1.60. The number of hydrogen-bond acceptors (Lipinski definition) is 6. The molecule has 8 heteroatoms. The lowest BCUT2D eigenvalue weighted by atomic mass is 10.2. The molecule has 136 valence electrons. The van der Waals surface area contributed by atoms with E-state index in [4.69, 9.17) is 9.47 Å². The number of hydrogen-bond donors (Lipinski definition) is 1. The number of aromatic nitrogens is 4. The van der Waals surface area contributed by atoms with E-state index in [0.717, 1.165) is 12.0 Å². The van der Waals surface area contributed by atoms with Crippen LogP contribution in [0.3, 0.4) is 0 Å². The van der Waals surface area contributed by atoms with Crippen LogP contribution in [0.25, 0.3) is 11.4 Å². The van der Waals surface area contributed by atoms with E-state index in [0.29, 0.717) is 30.5 Å². The van der Waals surface area contributed by atoms with Gasteiger partial charge in [-0.2, -0.15) is 4.80 Å². The van der Waals surface area contributed by atoms with Gasteiger partial charge >= 0.3 is 0 Å². The average molecular weight is 347 g/mol. The molecule has 25 heavy (non-hydrogen) atoms. The van der Waals surface area contributed by atoms with Crippen LogP contribution < -0.4 is 14.8 Å². The van der Waals surface area contributed by atoms with Gasteiger partial charge in [0.25, 0.3) is 0 Å². The van der Waals surface area contributed by atoms with Crippen molar-refractivity contribution >= 4 is 5.91 Å². The van der Waals surface area contributed by atoms with Gasteiger partial charge in [-0.1, -0.05) is 6.92 Å². The first-order valence-electron chi connectivity index (χ1n) is 8.54. The molecule has 0 bridgehead atoms. The molecular formula is C17H25N5O3. The topological polar surface area (TPSA) is 91.2 Å². The van der Waals surface area contributed by atoms with E-state index in [2.05, 4.69) is 20.7 Å². The van der Waals surface area contributed by atoms with Crippen molar-refractivity contribution in [1.82, 2.24) is 25.5 Å². The zero-order valence-electron chi connectivity index (χ0n) is 15.2. The quantitative estimate of drug-likeness (QED) is 0.746. The number of nitrogens with one attached hydrogen (secondary N) is 1. The number of tetrazole rings is 1. The van der Waals surface area contributed by atoms with Crippen molar-refractivity contribution in [3.8, 4) is 22.9 Å². The molecule has 1 atom stereocenters. The van der Waals surface area contributed by atoms with Crippen molar-refractivity contribution in [3.63, 3.8) is 0 Å². The molecule has 0 fully saturated rings. The van der Waals surface area contributed by atoms with E-state index < -0.39 is 0 Å². The SMILES string of the molecule is CCOc1ccc(-c2nnn(CC(=O)NC(C)CC)n2)cc1OCC. The molecule has 1 amide bonds. The predicted octanol–water partition coefficient (Wildman–Crippen LogP) is 2.05. The van der Waals surface area contributed by atoms with Crippen LogP contribution in [-0.2, 0) is 11.3 Å². The van der Waals surface area contributed by atoms with Gasteiger partial charge in [0, 0.05) is 11.6 Å². The van der Waals surface area contributed by atoms with Gasteiger partial charge in [-0.25, -0.2) is 0 Å². The zero-order valence-corrected chi connectivity index (χ0v) is 15.2. The molecule has 1 aromatic heterocycles. The van der Waals surface area contributed by atoms with Crippen molar-refractivity contribution in [2.75, 3.05) is 13.2 Å². The Labute approximate surface area is 147 Å². The third kappa shape index (κ3) is 5.17. The number of rotatable bonds is 9. The second-order valence-electron chi connectivity index (χ2n) is 5.55. The summed E-state index contributed by atoms with van der Waals surface area (Å²) in [6.45, 7) is 8.91. The van der Waals surface area contributed by atoms with E-state index in [9.17, 15) is 4.79 Å². The van der Waals surface area contributed by atoms with Crippen LogP contribution in [0.1, 0.15) is 34.1 Å². The van der Waals surface area contributed by atoms with Crippen LogP contribution in [-0.4, -0.2) is 45.4 Å². The second-order valence-corrected chi connectivity index (χ2v) is 5.55. The van der Waals surface area contributed by atoms with E-state index in [-0.39, 0.29) is 18.5 Å². The molecule has 0 saturated heterocycles. The van der Waals surface area contributed by atoms with Crippen LogP contribution >= 0.6 is 0 Å². The van der Waals surface area contributed by atoms with Gasteiger partial charge in [0.1, 0.15) is 6.54 Å². The first-order valence-corrected chi connectivity index (χ1v) is 8.54. The summed E-state index contributed by atoms with van der Waals surface area (Å²) in [7, 11) is 0. The summed E-state index contributed by atoms with van der Waals surface area (Å²) >= 11 is 0. The maximum Gasteiger partial charge on any atom is 0.243 e. The first-order chi connectivity index (χ1) is 12.1. The Morgan fingerprint density at radius 2 is 1.92 bits per heavy atom. The number of carbonyl (C=O) groups is 1. The first kappa shape index (κ1) is 18.7. The molecule has 0 saturated carbocycles. The molecule has 1 aromatic carbocycles. The van der Waals surface area contributed by atoms with Gasteiger partial charge in [0.05, 0.1) is 13.2 Å². The number of benzene rings is 1. The maximum atomic E-state index is 11.9. The Morgan fingerprint density at radius 3 is 2.60 bits per heavy atom. The summed E-state index contributed by atoms with van der Waals surface area (Å²) in [4.78, 5) is 13.2. The minimum atomic E-state index is -0.139. The monoisotopic (exact) mass is 347 g/mol. The van der Waals surface area contributed by atoms with Crippen LogP contribution in [0.2, 0.25) is 0 Å². The minimum Gasteiger partial charge on any atom is -0.490 e. The molecule has 2 aromatic rings. The molecule has 1 unspecified atom stereocenters. The highest BCUT2D eigenvalue weighted by Gasteiger charge is 2.13. The summed E-state index contributed by atoms with van der Waals surface area (Å²) in [5.41, 5.74) is 0.750. The Bertz CT molecular complexity index is 701. The van der Waals surface area contributed by atoms with E-state index in [1.54, 1.807) is 0 Å². The van der Waals surface area contributed by atoms with Gasteiger partial charge in [0.15, 0.2) is 11.5 Å². The lowest BCUT2D eigenvalue weighted by molar-refractivity contribution is -0.122. The van der Waals surface area contributed by atoms with Gasteiger partial charge in [-0.05, 0) is 50.6 Å². The van der Waals surface area contributed by atoms with Gasteiger partial charge in [-0.15, -0.1) is 10.2 Å². The van der Waals surface area contributed by atoms with Crippen molar-refractivity contribution in [2.24, 2.45) is 0 Å². The summed E-state index contributed by atoms with van der Waals surface area (Å²) in [6.07, 6.45) is 0.869. The molecule has 0 radical (unpaired) electrons. The molecule has 0 aliphatic rings. The summed E-state index contributed by atoms with van der Waals surface area (Å²) < 4.78 is 11.2. The van der Waals surface area contributed by atoms with Crippen molar-refractivity contribution in [3.05, 3.63) is 18.2 Å². The Kier molecular flexibility index (Phi) is 6.73. The number of carbonyl (C=O) groups excluding carboxylic acids is 1.